The molecule has 0 aliphatic carbocycles. The molecule has 1 N–H and O–H groups in total. The Morgan fingerprint density at radius 2 is 1.74 bits per heavy atom. The van der Waals surface area contributed by atoms with Gasteiger partial charge in [-0.2, -0.15) is 0 Å². The molecule has 6 heteroatoms. The number of carbonyl (C=O) groups is 1. The molecular weight excluding hydrogens is 320 g/mol. The molecular formula is C17H17ClO5. The van der Waals surface area contributed by atoms with Crippen molar-refractivity contribution >= 4 is 17.6 Å². The molecule has 0 unspecified atom stereocenters. The van der Waals surface area contributed by atoms with Crippen molar-refractivity contribution in [3.8, 4) is 17.2 Å². The van der Waals surface area contributed by atoms with E-state index in [4.69, 9.17) is 25.8 Å². The second-order valence-corrected chi connectivity index (χ2v) is 5.22. The largest absolute Gasteiger partial charge is 0.497 e. The highest BCUT2D eigenvalue weighted by Crippen LogP contribution is 2.26. The summed E-state index contributed by atoms with van der Waals surface area (Å²) in [5.74, 6) is 0.571. The van der Waals surface area contributed by atoms with Crippen molar-refractivity contribution in [2.24, 2.45) is 0 Å². The summed E-state index contributed by atoms with van der Waals surface area (Å²) >= 11 is 5.81. The van der Waals surface area contributed by atoms with Crippen LogP contribution in [0, 0.1) is 0 Å². The smallest absolute Gasteiger partial charge is 0.345 e. The first-order chi connectivity index (χ1) is 11.0. The van der Waals surface area contributed by atoms with E-state index < -0.39 is 12.1 Å². The summed E-state index contributed by atoms with van der Waals surface area (Å²) in [7, 11) is 3.08. The first kappa shape index (κ1) is 17.0. The predicted molar refractivity (Wildman–Crippen MR) is 86.8 cm³/mol. The van der Waals surface area contributed by atoms with Gasteiger partial charge in [-0.1, -0.05) is 11.6 Å². The maximum absolute atomic E-state index is 11.5. The molecule has 23 heavy (non-hydrogen) atoms. The highest BCUT2D eigenvalue weighted by Gasteiger charge is 2.22. The Hall–Kier alpha value is -2.40. The Labute approximate surface area is 139 Å². The van der Waals surface area contributed by atoms with Crippen LogP contribution in [-0.4, -0.2) is 31.4 Å². The van der Waals surface area contributed by atoms with Gasteiger partial charge in [0.1, 0.15) is 17.2 Å². The Morgan fingerprint density at radius 1 is 1.09 bits per heavy atom. The number of benzene rings is 2. The van der Waals surface area contributed by atoms with Crippen LogP contribution in [0.25, 0.3) is 0 Å². The Morgan fingerprint density at radius 3 is 2.30 bits per heavy atom. The van der Waals surface area contributed by atoms with Crippen LogP contribution in [-0.2, 0) is 11.2 Å². The van der Waals surface area contributed by atoms with E-state index in [9.17, 15) is 9.90 Å². The second kappa shape index (κ2) is 7.74. The van der Waals surface area contributed by atoms with Crippen LogP contribution in [0.1, 0.15) is 5.56 Å². The van der Waals surface area contributed by atoms with E-state index in [1.54, 1.807) is 49.6 Å². The lowest BCUT2D eigenvalue weighted by molar-refractivity contribution is -0.145. The summed E-state index contributed by atoms with van der Waals surface area (Å²) in [6, 6.07) is 11.7. The van der Waals surface area contributed by atoms with Crippen LogP contribution in [0.3, 0.4) is 0 Å². The zero-order valence-electron chi connectivity index (χ0n) is 12.8. The summed E-state index contributed by atoms with van der Waals surface area (Å²) in [6.45, 7) is 0. The number of hydrogen-bond acceptors (Lipinski definition) is 4. The van der Waals surface area contributed by atoms with Crippen molar-refractivity contribution in [2.75, 3.05) is 14.2 Å². The first-order valence-electron chi connectivity index (χ1n) is 6.89. The number of ether oxygens (including phenoxy) is 3. The molecule has 0 saturated heterocycles. The quantitative estimate of drug-likeness (QED) is 0.839. The van der Waals surface area contributed by atoms with Crippen LogP contribution in [0.4, 0.5) is 0 Å². The van der Waals surface area contributed by atoms with Crippen LogP contribution in [0.2, 0.25) is 5.02 Å². The highest BCUT2D eigenvalue weighted by atomic mass is 35.5. The summed E-state index contributed by atoms with van der Waals surface area (Å²) in [5, 5.41) is 9.97. The molecule has 0 saturated carbocycles. The normalized spacial score (nSPS) is 11.6. The lowest BCUT2D eigenvalue weighted by atomic mass is 10.1. The molecule has 2 aromatic rings. The van der Waals surface area contributed by atoms with Gasteiger partial charge >= 0.3 is 5.97 Å². The average molecular weight is 337 g/mol. The minimum absolute atomic E-state index is 0.137. The monoisotopic (exact) mass is 336 g/mol. The van der Waals surface area contributed by atoms with Crippen LogP contribution >= 0.6 is 11.6 Å². The fourth-order valence-corrected chi connectivity index (χ4v) is 2.22. The maximum atomic E-state index is 11.5. The van der Waals surface area contributed by atoms with Crippen molar-refractivity contribution in [1.82, 2.24) is 0 Å². The third-order valence-corrected chi connectivity index (χ3v) is 3.51. The number of hydrogen-bond donors (Lipinski definition) is 1. The third-order valence-electron chi connectivity index (χ3n) is 3.26. The topological polar surface area (TPSA) is 65.0 Å². The van der Waals surface area contributed by atoms with Crippen molar-refractivity contribution in [3.63, 3.8) is 0 Å². The third kappa shape index (κ3) is 4.53. The molecule has 0 heterocycles. The molecule has 0 bridgehead atoms. The van der Waals surface area contributed by atoms with Gasteiger partial charge in [0.25, 0.3) is 0 Å². The maximum Gasteiger partial charge on any atom is 0.345 e. The lowest BCUT2D eigenvalue weighted by Gasteiger charge is -2.17. The standard InChI is InChI=1S/C17H17ClO5/c1-21-14-7-8-15(22-2)11(9-14)10-16(17(19)20)23-13-5-3-12(18)4-6-13/h3-9,16H,10H2,1-2H3,(H,19,20)/t16-/m1/s1. The fourth-order valence-electron chi connectivity index (χ4n) is 2.10. The molecule has 122 valence electrons. The number of methoxy groups -OCH3 is 2. The summed E-state index contributed by atoms with van der Waals surface area (Å²) in [4.78, 5) is 11.5. The number of halogens is 1. The van der Waals surface area contributed by atoms with Gasteiger partial charge in [0.15, 0.2) is 6.10 Å². The molecule has 0 aliphatic rings. The van der Waals surface area contributed by atoms with Gasteiger partial charge < -0.3 is 19.3 Å². The predicted octanol–water partition coefficient (Wildman–Crippen LogP) is 3.43. The van der Waals surface area contributed by atoms with Crippen LogP contribution in [0.5, 0.6) is 17.2 Å². The summed E-state index contributed by atoms with van der Waals surface area (Å²) < 4.78 is 16.0. The molecule has 0 aliphatic heterocycles. The fraction of sp³-hybridized carbons (Fsp3) is 0.235. The molecule has 0 aromatic heterocycles. The Bertz CT molecular complexity index is 669. The SMILES string of the molecule is COc1ccc(OC)c(C[C@@H](Oc2ccc(Cl)cc2)C(=O)O)c1. The van der Waals surface area contributed by atoms with E-state index in [0.717, 1.165) is 0 Å². The van der Waals surface area contributed by atoms with Gasteiger partial charge in [-0.3, -0.25) is 0 Å². The molecule has 0 radical (unpaired) electrons. The van der Waals surface area contributed by atoms with Gasteiger partial charge in [-0.05, 0) is 42.5 Å². The molecule has 0 fully saturated rings. The summed E-state index contributed by atoms with van der Waals surface area (Å²) in [5.41, 5.74) is 0.688. The molecule has 0 amide bonds. The highest BCUT2D eigenvalue weighted by molar-refractivity contribution is 6.30. The number of aliphatic carboxylic acids is 1. The van der Waals surface area contributed by atoms with E-state index in [1.807, 2.05) is 0 Å². The van der Waals surface area contributed by atoms with Gasteiger partial charge in [0.05, 0.1) is 14.2 Å². The van der Waals surface area contributed by atoms with Crippen molar-refractivity contribution in [3.05, 3.63) is 53.1 Å². The zero-order valence-corrected chi connectivity index (χ0v) is 13.5. The second-order valence-electron chi connectivity index (χ2n) is 4.78. The van der Waals surface area contributed by atoms with E-state index in [0.29, 0.717) is 27.8 Å². The minimum Gasteiger partial charge on any atom is -0.497 e. The first-order valence-corrected chi connectivity index (χ1v) is 7.27. The number of carboxylic acids is 1. The zero-order chi connectivity index (χ0) is 16.8. The van der Waals surface area contributed by atoms with E-state index in [1.165, 1.54) is 7.11 Å². The van der Waals surface area contributed by atoms with Crippen molar-refractivity contribution < 1.29 is 24.1 Å². The van der Waals surface area contributed by atoms with Crippen LogP contribution < -0.4 is 14.2 Å². The number of carboxylic acid groups (broad SMARTS) is 1. The van der Waals surface area contributed by atoms with Gasteiger partial charge in [0, 0.05) is 17.0 Å². The van der Waals surface area contributed by atoms with E-state index in [-0.39, 0.29) is 6.42 Å². The lowest BCUT2D eigenvalue weighted by Crippen LogP contribution is -2.29. The van der Waals surface area contributed by atoms with Gasteiger partial charge in [0.2, 0.25) is 0 Å². The van der Waals surface area contributed by atoms with Gasteiger partial charge in [-0.15, -0.1) is 0 Å². The molecule has 2 rings (SSSR count). The Balaban J connectivity index is 2.22. The van der Waals surface area contributed by atoms with Crippen molar-refractivity contribution in [2.45, 2.75) is 12.5 Å². The molecule has 2 aromatic carbocycles. The average Bonchev–Trinajstić information content (AvgIpc) is 2.56. The molecule has 1 atom stereocenters. The Kier molecular flexibility index (Phi) is 5.71. The minimum atomic E-state index is -1.06. The number of rotatable bonds is 7. The summed E-state index contributed by atoms with van der Waals surface area (Å²) in [6.07, 6.45) is -0.921. The van der Waals surface area contributed by atoms with Crippen molar-refractivity contribution in [1.29, 1.82) is 0 Å². The molecule has 0 spiro atoms. The van der Waals surface area contributed by atoms with E-state index in [2.05, 4.69) is 0 Å². The van der Waals surface area contributed by atoms with E-state index >= 15 is 0 Å². The van der Waals surface area contributed by atoms with Gasteiger partial charge in [-0.25, -0.2) is 4.79 Å². The molecule has 5 nitrogen and oxygen atoms in total. The van der Waals surface area contributed by atoms with Crippen LogP contribution in [0.15, 0.2) is 42.5 Å².